The first-order valence-corrected chi connectivity index (χ1v) is 4.75. The van der Waals surface area contributed by atoms with E-state index in [1.165, 1.54) is 18.3 Å². The zero-order valence-corrected chi connectivity index (χ0v) is 8.70. The van der Waals surface area contributed by atoms with Crippen molar-refractivity contribution in [3.63, 3.8) is 0 Å². The van der Waals surface area contributed by atoms with Gasteiger partial charge in [0, 0.05) is 4.88 Å². The Balaban J connectivity index is 2.98. The third kappa shape index (κ3) is 2.72. The van der Waals surface area contributed by atoms with E-state index < -0.39 is 18.1 Å². The van der Waals surface area contributed by atoms with E-state index in [2.05, 4.69) is 0 Å². The highest BCUT2D eigenvalue weighted by Gasteiger charge is 2.39. The minimum Gasteiger partial charge on any atom is -0.478 e. The number of aromatic carboxylic acids is 1. The number of carbonyl (C=O) groups excluding carboxylic acids is 1. The molecule has 8 heteroatoms. The second kappa shape index (κ2) is 4.12. The van der Waals surface area contributed by atoms with Crippen molar-refractivity contribution in [3.8, 4) is 0 Å². The molecule has 0 unspecified atom stereocenters. The largest absolute Gasteiger partial charge is 0.478 e. The number of hydrogen-bond acceptors (Lipinski definition) is 3. The highest BCUT2D eigenvalue weighted by atomic mass is 32.1. The number of thiophene rings is 1. The van der Waals surface area contributed by atoms with Gasteiger partial charge in [0.2, 0.25) is 0 Å². The van der Waals surface area contributed by atoms with E-state index in [-0.39, 0.29) is 10.6 Å². The molecule has 88 valence electrons. The maximum atomic E-state index is 11.9. The summed E-state index contributed by atoms with van der Waals surface area (Å²) in [5.74, 6) is -3.57. The lowest BCUT2D eigenvalue weighted by molar-refractivity contribution is -0.167. The molecule has 1 aromatic heterocycles. The Kier molecular flexibility index (Phi) is 3.22. The highest BCUT2D eigenvalue weighted by molar-refractivity contribution is 7.16. The molecule has 0 atom stereocenters. The molecule has 0 bridgehead atoms. The molecule has 1 heterocycles. The van der Waals surface area contributed by atoms with Crippen molar-refractivity contribution in [2.45, 2.75) is 13.1 Å². The van der Waals surface area contributed by atoms with Gasteiger partial charge in [0.25, 0.3) is 0 Å². The molecule has 0 spiro atoms. The van der Waals surface area contributed by atoms with Crippen molar-refractivity contribution in [3.05, 3.63) is 16.5 Å². The zero-order valence-electron chi connectivity index (χ0n) is 7.88. The first kappa shape index (κ1) is 12.5. The minimum absolute atomic E-state index is 0.313. The fraction of sp³-hybridized carbons (Fsp3) is 0.250. The topological polar surface area (TPSA) is 66.4 Å². The summed E-state index contributed by atoms with van der Waals surface area (Å²) in [6.07, 6.45) is -5.03. The summed E-state index contributed by atoms with van der Waals surface area (Å²) < 4.78 is 35.8. The Bertz CT molecular complexity index is 438. The van der Waals surface area contributed by atoms with Crippen LogP contribution in [0.25, 0.3) is 0 Å². The first-order valence-electron chi connectivity index (χ1n) is 3.93. The molecule has 1 rings (SSSR count). The van der Waals surface area contributed by atoms with E-state index in [1.54, 1.807) is 0 Å². The molecule has 0 aliphatic heterocycles. The third-order valence-electron chi connectivity index (χ3n) is 1.57. The van der Waals surface area contributed by atoms with Crippen molar-refractivity contribution < 1.29 is 27.9 Å². The summed E-state index contributed by atoms with van der Waals surface area (Å²) in [7, 11) is 0. The van der Waals surface area contributed by atoms with Crippen LogP contribution in [0, 0.1) is 6.92 Å². The molecule has 16 heavy (non-hydrogen) atoms. The van der Waals surface area contributed by atoms with Gasteiger partial charge >= 0.3 is 18.1 Å². The number of nitrogens with one attached hydrogen (secondary N) is 1. The quantitative estimate of drug-likeness (QED) is 0.849. The van der Waals surface area contributed by atoms with Gasteiger partial charge in [-0.15, -0.1) is 11.3 Å². The van der Waals surface area contributed by atoms with Crippen molar-refractivity contribution in [2.75, 3.05) is 5.32 Å². The molecule has 0 aliphatic carbocycles. The van der Waals surface area contributed by atoms with E-state index >= 15 is 0 Å². The lowest BCUT2D eigenvalue weighted by Crippen LogP contribution is -2.30. The molecule has 2 N–H and O–H groups in total. The van der Waals surface area contributed by atoms with Crippen molar-refractivity contribution in [2.24, 2.45) is 0 Å². The predicted octanol–water partition coefficient (Wildman–Crippen LogP) is 2.26. The van der Waals surface area contributed by atoms with Gasteiger partial charge < -0.3 is 10.4 Å². The minimum atomic E-state index is -5.03. The van der Waals surface area contributed by atoms with E-state index in [1.807, 2.05) is 0 Å². The summed E-state index contributed by atoms with van der Waals surface area (Å²) in [4.78, 5) is 21.7. The summed E-state index contributed by atoms with van der Waals surface area (Å²) in [6, 6.07) is 1.19. The number of carboxylic acid groups (broad SMARTS) is 1. The maximum Gasteiger partial charge on any atom is 0.471 e. The molecule has 0 saturated carbocycles. The third-order valence-corrected chi connectivity index (χ3v) is 2.54. The highest BCUT2D eigenvalue weighted by Crippen LogP contribution is 2.29. The van der Waals surface area contributed by atoms with Crippen LogP contribution in [0.3, 0.4) is 0 Å². The van der Waals surface area contributed by atoms with Gasteiger partial charge in [-0.1, -0.05) is 0 Å². The molecular weight excluding hydrogens is 247 g/mol. The van der Waals surface area contributed by atoms with Gasteiger partial charge in [-0.25, -0.2) is 4.79 Å². The lowest BCUT2D eigenvalue weighted by atomic mass is 10.3. The monoisotopic (exact) mass is 253 g/mol. The molecular formula is C8H6F3NO3S. The molecule has 1 amide bonds. The molecule has 0 radical (unpaired) electrons. The van der Waals surface area contributed by atoms with Gasteiger partial charge in [-0.05, 0) is 13.0 Å². The van der Waals surface area contributed by atoms with E-state index in [4.69, 9.17) is 5.11 Å². The number of carboxylic acids is 1. The SMILES string of the molecule is Cc1cc(C(=O)O)c(NC(=O)C(F)(F)F)s1. The fourth-order valence-electron chi connectivity index (χ4n) is 0.940. The number of rotatable bonds is 2. The maximum absolute atomic E-state index is 11.9. The molecule has 0 saturated heterocycles. The molecule has 1 aromatic rings. The van der Waals surface area contributed by atoms with Crippen LogP contribution in [0.5, 0.6) is 0 Å². The summed E-state index contributed by atoms with van der Waals surface area (Å²) in [5.41, 5.74) is -0.347. The number of anilines is 1. The van der Waals surface area contributed by atoms with E-state index in [9.17, 15) is 22.8 Å². The average Bonchev–Trinajstić information content (AvgIpc) is 2.45. The smallest absolute Gasteiger partial charge is 0.471 e. The Morgan fingerprint density at radius 1 is 1.44 bits per heavy atom. The van der Waals surface area contributed by atoms with Crippen LogP contribution in [-0.4, -0.2) is 23.2 Å². The summed E-state index contributed by atoms with van der Waals surface area (Å²) in [5, 5.41) is 9.88. The van der Waals surface area contributed by atoms with E-state index in [0.717, 1.165) is 11.3 Å². The first-order chi connectivity index (χ1) is 7.21. The van der Waals surface area contributed by atoms with Gasteiger partial charge in [0.15, 0.2) is 0 Å². The second-order valence-corrected chi connectivity index (χ2v) is 4.11. The van der Waals surface area contributed by atoms with Gasteiger partial charge in [-0.3, -0.25) is 4.79 Å². The van der Waals surface area contributed by atoms with Gasteiger partial charge in [0.05, 0.1) is 5.56 Å². The van der Waals surface area contributed by atoms with Crippen LogP contribution in [-0.2, 0) is 4.79 Å². The van der Waals surface area contributed by atoms with Crippen molar-refractivity contribution in [1.29, 1.82) is 0 Å². The van der Waals surface area contributed by atoms with Gasteiger partial charge in [-0.2, -0.15) is 13.2 Å². The summed E-state index contributed by atoms with van der Waals surface area (Å²) in [6.45, 7) is 1.53. The number of aryl methyl sites for hydroxylation is 1. The Labute approximate surface area is 91.7 Å². The van der Waals surface area contributed by atoms with Crippen LogP contribution in [0.1, 0.15) is 15.2 Å². The number of halogens is 3. The standard InChI is InChI=1S/C8H6F3NO3S/c1-3-2-4(6(13)14)5(16-3)12-7(15)8(9,10)11/h2H,1H3,(H,12,15)(H,13,14). The Morgan fingerprint density at radius 2 is 2.00 bits per heavy atom. The zero-order chi connectivity index (χ0) is 12.5. The van der Waals surface area contributed by atoms with Crippen LogP contribution in [0.4, 0.5) is 18.2 Å². The van der Waals surface area contributed by atoms with Crippen LogP contribution in [0.2, 0.25) is 0 Å². The predicted molar refractivity (Wildman–Crippen MR) is 50.7 cm³/mol. The van der Waals surface area contributed by atoms with Crippen LogP contribution >= 0.6 is 11.3 Å². The normalized spacial score (nSPS) is 11.2. The van der Waals surface area contributed by atoms with Crippen LogP contribution < -0.4 is 5.32 Å². The average molecular weight is 253 g/mol. The number of hydrogen-bond donors (Lipinski definition) is 2. The number of amides is 1. The van der Waals surface area contributed by atoms with Crippen LogP contribution in [0.15, 0.2) is 6.07 Å². The molecule has 0 aromatic carbocycles. The number of alkyl halides is 3. The van der Waals surface area contributed by atoms with Gasteiger partial charge in [0.1, 0.15) is 5.00 Å². The van der Waals surface area contributed by atoms with E-state index in [0.29, 0.717) is 4.88 Å². The number of carbonyl (C=O) groups is 2. The summed E-state index contributed by atoms with van der Waals surface area (Å²) >= 11 is 0.774. The molecule has 0 fully saturated rings. The second-order valence-electron chi connectivity index (χ2n) is 2.86. The molecule has 0 aliphatic rings. The Morgan fingerprint density at radius 3 is 2.44 bits per heavy atom. The molecule has 4 nitrogen and oxygen atoms in total. The van der Waals surface area contributed by atoms with Crippen molar-refractivity contribution >= 4 is 28.2 Å². The van der Waals surface area contributed by atoms with Crippen molar-refractivity contribution in [1.82, 2.24) is 0 Å². The fourth-order valence-corrected chi connectivity index (χ4v) is 1.84. The lowest BCUT2D eigenvalue weighted by Gasteiger charge is -2.06. The Hall–Kier alpha value is -1.57.